The van der Waals surface area contributed by atoms with Crippen LogP contribution in [0.25, 0.3) is 0 Å². The van der Waals surface area contributed by atoms with Gasteiger partial charge in [-0.05, 0) is 30.9 Å². The molecule has 5 nitrogen and oxygen atoms in total. The minimum Gasteiger partial charge on any atom is -0.357 e. The van der Waals surface area contributed by atoms with Crippen molar-refractivity contribution in [1.29, 1.82) is 0 Å². The molecule has 0 fully saturated rings. The summed E-state index contributed by atoms with van der Waals surface area (Å²) in [6.07, 6.45) is 2.85. The monoisotopic (exact) mass is 323 g/mol. The Morgan fingerprint density at radius 2 is 2.05 bits per heavy atom. The first-order chi connectivity index (χ1) is 10.5. The van der Waals surface area contributed by atoms with Crippen LogP contribution in [0.3, 0.4) is 0 Å². The summed E-state index contributed by atoms with van der Waals surface area (Å²) in [6, 6.07) is 8.50. The van der Waals surface area contributed by atoms with E-state index in [-0.39, 0.29) is 5.75 Å². The van der Waals surface area contributed by atoms with Crippen molar-refractivity contribution in [1.82, 2.24) is 10.2 Å². The molecule has 0 radical (unpaired) electrons. The fourth-order valence-corrected chi connectivity index (χ4v) is 3.27. The Labute approximate surface area is 133 Å². The van der Waals surface area contributed by atoms with Crippen molar-refractivity contribution in [2.45, 2.75) is 26.3 Å². The minimum absolute atomic E-state index is 0.193. The van der Waals surface area contributed by atoms with Gasteiger partial charge in [0.05, 0.1) is 5.75 Å². The van der Waals surface area contributed by atoms with Crippen molar-refractivity contribution >= 4 is 15.8 Å². The van der Waals surface area contributed by atoms with Crippen molar-refractivity contribution in [2.24, 2.45) is 4.99 Å². The summed E-state index contributed by atoms with van der Waals surface area (Å²) >= 11 is 0. The number of hydrogen-bond donors (Lipinski definition) is 1. The molecular weight excluding hydrogens is 298 g/mol. The summed E-state index contributed by atoms with van der Waals surface area (Å²) in [5.41, 5.74) is 2.75. The zero-order chi connectivity index (χ0) is 16.0. The lowest BCUT2D eigenvalue weighted by atomic mass is 10.0. The Morgan fingerprint density at radius 1 is 1.32 bits per heavy atom. The Morgan fingerprint density at radius 3 is 2.73 bits per heavy atom. The third kappa shape index (κ3) is 5.02. The molecule has 0 amide bonds. The fourth-order valence-electron chi connectivity index (χ4n) is 2.61. The van der Waals surface area contributed by atoms with Crippen LogP contribution in [0.1, 0.15) is 24.5 Å². The second-order valence-corrected chi connectivity index (χ2v) is 7.92. The van der Waals surface area contributed by atoms with Gasteiger partial charge in [-0.2, -0.15) is 0 Å². The summed E-state index contributed by atoms with van der Waals surface area (Å²) in [5, 5.41) is 3.31. The van der Waals surface area contributed by atoms with E-state index in [4.69, 9.17) is 0 Å². The van der Waals surface area contributed by atoms with E-state index in [9.17, 15) is 8.42 Å². The number of sulfone groups is 1. The van der Waals surface area contributed by atoms with E-state index in [2.05, 4.69) is 39.5 Å². The number of nitrogens with zero attached hydrogens (tertiary/aromatic N) is 2. The quantitative estimate of drug-likeness (QED) is 0.506. The third-order valence-electron chi connectivity index (χ3n) is 3.70. The van der Waals surface area contributed by atoms with Gasteiger partial charge in [-0.25, -0.2) is 8.42 Å². The van der Waals surface area contributed by atoms with Crippen LogP contribution in [-0.4, -0.2) is 50.9 Å². The van der Waals surface area contributed by atoms with Crippen LogP contribution in [0.15, 0.2) is 29.3 Å². The van der Waals surface area contributed by atoms with Crippen molar-refractivity contribution in [3.8, 4) is 0 Å². The highest BCUT2D eigenvalue weighted by Crippen LogP contribution is 2.18. The fraction of sp³-hybridized carbons (Fsp3) is 0.562. The first-order valence-corrected chi connectivity index (χ1v) is 9.83. The molecule has 0 bridgehead atoms. The molecular formula is C16H25N3O2S. The Kier molecular flexibility index (Phi) is 5.83. The number of fused-ring (bicyclic) bond motifs is 1. The highest BCUT2D eigenvalue weighted by Gasteiger charge is 2.18. The lowest BCUT2D eigenvalue weighted by Gasteiger charge is -2.31. The van der Waals surface area contributed by atoms with Crippen LogP contribution >= 0.6 is 0 Å². The number of nitrogens with one attached hydrogen (secondary N) is 1. The normalized spacial score (nSPS) is 15.5. The maximum absolute atomic E-state index is 11.2. The summed E-state index contributed by atoms with van der Waals surface area (Å²) < 4.78 is 22.3. The van der Waals surface area contributed by atoms with Crippen LogP contribution in [0.5, 0.6) is 0 Å². The molecule has 0 aliphatic carbocycles. The van der Waals surface area contributed by atoms with E-state index in [0.717, 1.165) is 32.0 Å². The van der Waals surface area contributed by atoms with Crippen molar-refractivity contribution in [3.63, 3.8) is 0 Å². The smallest absolute Gasteiger partial charge is 0.194 e. The van der Waals surface area contributed by atoms with Gasteiger partial charge in [0.1, 0.15) is 9.84 Å². The number of hydrogen-bond acceptors (Lipinski definition) is 3. The van der Waals surface area contributed by atoms with Gasteiger partial charge >= 0.3 is 0 Å². The minimum atomic E-state index is -2.90. The van der Waals surface area contributed by atoms with Crippen LogP contribution in [0.2, 0.25) is 0 Å². The van der Waals surface area contributed by atoms with Gasteiger partial charge in [0.2, 0.25) is 0 Å². The van der Waals surface area contributed by atoms with E-state index in [1.807, 2.05) is 6.92 Å². The zero-order valence-corrected chi connectivity index (χ0v) is 14.2. The molecule has 2 rings (SSSR count). The van der Waals surface area contributed by atoms with E-state index in [0.29, 0.717) is 13.0 Å². The van der Waals surface area contributed by atoms with Crippen LogP contribution in [0, 0.1) is 0 Å². The SMILES string of the molecule is CCNC(=NCCCS(C)(=O)=O)N1CCc2ccccc2C1. The molecule has 1 aliphatic heterocycles. The Balaban J connectivity index is 1.99. The molecule has 1 N–H and O–H groups in total. The van der Waals surface area contributed by atoms with E-state index in [1.54, 1.807) is 0 Å². The van der Waals surface area contributed by atoms with Crippen LogP contribution in [-0.2, 0) is 22.8 Å². The van der Waals surface area contributed by atoms with Crippen molar-refractivity contribution < 1.29 is 8.42 Å². The molecule has 1 aromatic carbocycles. The van der Waals surface area contributed by atoms with Crippen molar-refractivity contribution in [2.75, 3.05) is 31.6 Å². The van der Waals surface area contributed by atoms with Gasteiger partial charge < -0.3 is 10.2 Å². The van der Waals surface area contributed by atoms with E-state index in [1.165, 1.54) is 17.4 Å². The number of benzene rings is 1. The molecule has 1 aromatic rings. The molecule has 1 aliphatic rings. The maximum atomic E-state index is 11.2. The number of aliphatic imine (C=N–C) groups is 1. The van der Waals surface area contributed by atoms with Gasteiger partial charge in [0, 0.05) is 32.4 Å². The van der Waals surface area contributed by atoms with Gasteiger partial charge in [-0.1, -0.05) is 24.3 Å². The predicted octanol–water partition coefficient (Wildman–Crippen LogP) is 1.44. The maximum Gasteiger partial charge on any atom is 0.194 e. The number of guanidine groups is 1. The largest absolute Gasteiger partial charge is 0.357 e. The van der Waals surface area contributed by atoms with Gasteiger partial charge in [-0.3, -0.25) is 4.99 Å². The second-order valence-electron chi connectivity index (χ2n) is 5.66. The lowest BCUT2D eigenvalue weighted by molar-refractivity contribution is 0.378. The summed E-state index contributed by atoms with van der Waals surface area (Å²) in [7, 11) is -2.90. The molecule has 1 heterocycles. The molecule has 0 saturated carbocycles. The average molecular weight is 323 g/mol. The lowest BCUT2D eigenvalue weighted by Crippen LogP contribution is -2.44. The molecule has 22 heavy (non-hydrogen) atoms. The standard InChI is InChI=1S/C16H25N3O2S/c1-3-17-16(18-10-6-12-22(2,20)21)19-11-9-14-7-4-5-8-15(14)13-19/h4-5,7-8H,3,6,9-13H2,1-2H3,(H,17,18). The van der Waals surface area contributed by atoms with E-state index < -0.39 is 9.84 Å². The first-order valence-electron chi connectivity index (χ1n) is 7.77. The molecule has 122 valence electrons. The molecule has 0 saturated heterocycles. The highest BCUT2D eigenvalue weighted by atomic mass is 32.2. The van der Waals surface area contributed by atoms with Gasteiger partial charge in [0.25, 0.3) is 0 Å². The van der Waals surface area contributed by atoms with Gasteiger partial charge in [0.15, 0.2) is 5.96 Å². The number of rotatable bonds is 5. The first kappa shape index (κ1) is 16.8. The summed E-state index contributed by atoms with van der Waals surface area (Å²) in [4.78, 5) is 6.82. The van der Waals surface area contributed by atoms with E-state index >= 15 is 0 Å². The molecule has 0 spiro atoms. The molecule has 0 unspecified atom stereocenters. The Hall–Kier alpha value is -1.56. The summed E-state index contributed by atoms with van der Waals surface area (Å²) in [5.74, 6) is 1.07. The summed E-state index contributed by atoms with van der Waals surface area (Å²) in [6.45, 7) is 5.18. The molecule has 6 heteroatoms. The average Bonchev–Trinajstić information content (AvgIpc) is 2.49. The highest BCUT2D eigenvalue weighted by molar-refractivity contribution is 7.90. The predicted molar refractivity (Wildman–Crippen MR) is 90.9 cm³/mol. The molecule has 0 aromatic heterocycles. The van der Waals surface area contributed by atoms with Gasteiger partial charge in [-0.15, -0.1) is 0 Å². The third-order valence-corrected chi connectivity index (χ3v) is 4.73. The Bertz CT molecular complexity index is 626. The topological polar surface area (TPSA) is 61.8 Å². The second kappa shape index (κ2) is 7.63. The molecule has 0 atom stereocenters. The van der Waals surface area contributed by atoms with Crippen LogP contribution < -0.4 is 5.32 Å². The van der Waals surface area contributed by atoms with Crippen molar-refractivity contribution in [3.05, 3.63) is 35.4 Å². The zero-order valence-electron chi connectivity index (χ0n) is 13.4. The van der Waals surface area contributed by atoms with Crippen LogP contribution in [0.4, 0.5) is 0 Å².